The van der Waals surface area contributed by atoms with Gasteiger partial charge in [0.25, 0.3) is 5.91 Å². The summed E-state index contributed by atoms with van der Waals surface area (Å²) in [5.74, 6) is 1.02. The van der Waals surface area contributed by atoms with Crippen LogP contribution in [-0.4, -0.2) is 35.4 Å². The second-order valence-electron chi connectivity index (χ2n) is 7.81. The van der Waals surface area contributed by atoms with Crippen molar-refractivity contribution in [1.82, 2.24) is 9.88 Å². The van der Waals surface area contributed by atoms with Crippen LogP contribution in [-0.2, 0) is 0 Å². The van der Waals surface area contributed by atoms with Crippen molar-refractivity contribution in [2.45, 2.75) is 52.0 Å². The first-order valence-corrected chi connectivity index (χ1v) is 9.29. The van der Waals surface area contributed by atoms with Gasteiger partial charge in [0.15, 0.2) is 0 Å². The number of hydrogen-bond acceptors (Lipinski definition) is 3. The maximum absolute atomic E-state index is 13.1. The van der Waals surface area contributed by atoms with E-state index >= 15 is 0 Å². The monoisotopic (exact) mass is 411 g/mol. The van der Waals surface area contributed by atoms with Crippen LogP contribution in [0, 0.1) is 12.8 Å². The molecule has 2 N–H and O–H groups in total. The Morgan fingerprint density at radius 1 is 1.26 bits per heavy atom. The first-order valence-electron chi connectivity index (χ1n) is 9.29. The van der Waals surface area contributed by atoms with Crippen LogP contribution in [0.1, 0.15) is 60.6 Å². The zero-order chi connectivity index (χ0) is 18.1. The van der Waals surface area contributed by atoms with Gasteiger partial charge in [-0.2, -0.15) is 0 Å². The normalized spacial score (nSPS) is 14.4. The molecule has 27 heavy (non-hydrogen) atoms. The summed E-state index contributed by atoms with van der Waals surface area (Å²) in [5, 5.41) is 0.953. The van der Waals surface area contributed by atoms with Crippen LogP contribution in [0.25, 0.3) is 10.9 Å². The van der Waals surface area contributed by atoms with E-state index in [1.54, 1.807) is 4.90 Å². The number of pyridine rings is 1. The topological polar surface area (TPSA) is 59.2 Å². The number of aryl methyl sites for hydroxylation is 1. The molecule has 1 aliphatic rings. The highest BCUT2D eigenvalue weighted by Gasteiger charge is 2.27. The molecule has 1 atom stereocenters. The molecule has 3 rings (SSSR count). The summed E-state index contributed by atoms with van der Waals surface area (Å²) >= 11 is 0. The fourth-order valence-electron chi connectivity index (χ4n) is 3.11. The third-order valence-electron chi connectivity index (χ3n) is 5.21. The zero-order valence-electron chi connectivity index (χ0n) is 16.6. The molecule has 0 spiro atoms. The molecule has 0 saturated heterocycles. The fourth-order valence-corrected chi connectivity index (χ4v) is 3.11. The molecule has 1 fully saturated rings. The molecule has 1 aliphatic carbocycles. The highest BCUT2D eigenvalue weighted by molar-refractivity contribution is 6.06. The number of hydrogen-bond donors (Lipinski definition) is 1. The predicted molar refractivity (Wildman–Crippen MR) is 117 cm³/mol. The molecule has 150 valence electrons. The van der Waals surface area contributed by atoms with Crippen LogP contribution in [0.4, 0.5) is 0 Å². The van der Waals surface area contributed by atoms with Crippen LogP contribution in [0.5, 0.6) is 0 Å². The molecule has 1 aromatic carbocycles. The number of carbonyl (C=O) groups excluding carboxylic acids is 1. The van der Waals surface area contributed by atoms with E-state index < -0.39 is 0 Å². The number of rotatable bonds is 6. The molecule has 6 heteroatoms. The van der Waals surface area contributed by atoms with Crippen molar-refractivity contribution in [3.8, 4) is 0 Å². The van der Waals surface area contributed by atoms with Gasteiger partial charge >= 0.3 is 0 Å². The highest BCUT2D eigenvalue weighted by Crippen LogP contribution is 2.40. The summed E-state index contributed by atoms with van der Waals surface area (Å²) in [6.45, 7) is 6.96. The Morgan fingerprint density at radius 2 is 1.93 bits per heavy atom. The van der Waals surface area contributed by atoms with E-state index in [2.05, 4.69) is 26.0 Å². The lowest BCUT2D eigenvalue weighted by Crippen LogP contribution is -2.34. The van der Waals surface area contributed by atoms with E-state index in [0.717, 1.165) is 34.1 Å². The molecule has 4 nitrogen and oxygen atoms in total. The van der Waals surface area contributed by atoms with Crippen molar-refractivity contribution in [2.75, 3.05) is 13.6 Å². The van der Waals surface area contributed by atoms with E-state index in [0.29, 0.717) is 18.4 Å². The Balaban J connectivity index is 0.00000182. The van der Waals surface area contributed by atoms with Crippen LogP contribution in [0.2, 0.25) is 0 Å². The molecule has 0 aliphatic heterocycles. The van der Waals surface area contributed by atoms with Gasteiger partial charge in [-0.1, -0.05) is 25.5 Å². The van der Waals surface area contributed by atoms with Gasteiger partial charge in [0.1, 0.15) is 0 Å². The lowest BCUT2D eigenvalue weighted by molar-refractivity contribution is 0.0791. The molecule has 1 saturated carbocycles. The molecule has 0 bridgehead atoms. The Bertz CT molecular complexity index is 790. The maximum Gasteiger partial charge on any atom is 0.254 e. The van der Waals surface area contributed by atoms with E-state index in [1.807, 2.05) is 26.1 Å². The Morgan fingerprint density at radius 3 is 2.52 bits per heavy atom. The number of benzene rings is 1. The third-order valence-corrected chi connectivity index (χ3v) is 5.21. The van der Waals surface area contributed by atoms with Crippen molar-refractivity contribution < 1.29 is 4.79 Å². The van der Waals surface area contributed by atoms with Crippen LogP contribution >= 0.6 is 24.8 Å². The number of aromatic nitrogens is 1. The molecule has 2 aromatic rings. The lowest BCUT2D eigenvalue weighted by Gasteiger charge is -2.22. The Hall–Kier alpha value is -1.36. The number of carbonyl (C=O) groups is 1. The zero-order valence-corrected chi connectivity index (χ0v) is 18.2. The summed E-state index contributed by atoms with van der Waals surface area (Å²) < 4.78 is 0. The molecular weight excluding hydrogens is 381 g/mol. The van der Waals surface area contributed by atoms with Gasteiger partial charge < -0.3 is 10.6 Å². The van der Waals surface area contributed by atoms with Crippen LogP contribution < -0.4 is 5.73 Å². The van der Waals surface area contributed by atoms with Crippen LogP contribution in [0.3, 0.4) is 0 Å². The van der Waals surface area contributed by atoms with Crippen molar-refractivity contribution in [3.05, 3.63) is 41.1 Å². The van der Waals surface area contributed by atoms with Gasteiger partial charge in [-0.05, 0) is 50.3 Å². The van der Waals surface area contributed by atoms with Gasteiger partial charge in [-0.3, -0.25) is 9.78 Å². The van der Waals surface area contributed by atoms with E-state index in [9.17, 15) is 4.79 Å². The van der Waals surface area contributed by atoms with E-state index in [1.165, 1.54) is 12.8 Å². The van der Waals surface area contributed by atoms with Gasteiger partial charge in [0.05, 0.1) is 11.1 Å². The molecule has 0 radical (unpaired) electrons. The third kappa shape index (κ3) is 5.56. The summed E-state index contributed by atoms with van der Waals surface area (Å²) in [4.78, 5) is 19.7. The average molecular weight is 412 g/mol. The minimum atomic E-state index is 0. The Kier molecular flexibility index (Phi) is 8.52. The number of fused-ring (bicyclic) bond motifs is 1. The summed E-state index contributed by atoms with van der Waals surface area (Å²) in [5.41, 5.74) is 10.0. The highest BCUT2D eigenvalue weighted by atomic mass is 35.5. The smallest absolute Gasteiger partial charge is 0.254 e. The quantitative estimate of drug-likeness (QED) is 0.748. The summed E-state index contributed by atoms with van der Waals surface area (Å²) in [7, 11) is 1.87. The van der Waals surface area contributed by atoms with Gasteiger partial charge in [-0.15, -0.1) is 24.8 Å². The minimum absolute atomic E-state index is 0. The Labute approximate surface area is 174 Å². The minimum Gasteiger partial charge on any atom is -0.342 e. The standard InChI is InChI=1S/C21H29N3O.2ClH/c1-13(2)18(22)9-10-24(4)21(25)17-12-20(15-6-7-15)23-19-8-5-14(3)11-16(17)19;;/h5,8,11-13,15,18H,6-7,9-10,22H2,1-4H3;2*1H. The first-order chi connectivity index (χ1) is 11.9. The molecule has 1 amide bonds. The van der Waals surface area contributed by atoms with E-state index in [4.69, 9.17) is 10.7 Å². The number of nitrogens with zero attached hydrogens (tertiary/aromatic N) is 2. The molecule has 1 aromatic heterocycles. The van der Waals surface area contributed by atoms with Crippen molar-refractivity contribution in [3.63, 3.8) is 0 Å². The summed E-state index contributed by atoms with van der Waals surface area (Å²) in [6, 6.07) is 8.29. The van der Waals surface area contributed by atoms with Gasteiger partial charge in [0, 0.05) is 36.6 Å². The van der Waals surface area contributed by atoms with Crippen molar-refractivity contribution >= 4 is 41.6 Å². The SMILES string of the molecule is Cc1ccc2nc(C3CC3)cc(C(=O)N(C)CCC(N)C(C)C)c2c1.Cl.Cl. The van der Waals surface area contributed by atoms with Crippen molar-refractivity contribution in [1.29, 1.82) is 0 Å². The van der Waals surface area contributed by atoms with Crippen LogP contribution in [0.15, 0.2) is 24.3 Å². The largest absolute Gasteiger partial charge is 0.342 e. The molecular formula is C21H31Cl2N3O. The molecule has 1 unspecified atom stereocenters. The lowest BCUT2D eigenvalue weighted by atomic mass is 10.0. The average Bonchev–Trinajstić information content (AvgIpc) is 3.42. The number of halogens is 2. The predicted octanol–water partition coefficient (Wildman–Crippen LogP) is 4.71. The number of nitrogens with two attached hydrogens (primary N) is 1. The number of amides is 1. The molecule has 1 heterocycles. The maximum atomic E-state index is 13.1. The first kappa shape index (κ1) is 23.7. The second-order valence-corrected chi connectivity index (χ2v) is 7.81. The van der Waals surface area contributed by atoms with Crippen molar-refractivity contribution in [2.24, 2.45) is 11.7 Å². The second kappa shape index (κ2) is 9.72. The summed E-state index contributed by atoms with van der Waals surface area (Å²) in [6.07, 6.45) is 3.17. The fraction of sp³-hybridized carbons (Fsp3) is 0.524. The van der Waals surface area contributed by atoms with Gasteiger partial charge in [-0.25, -0.2) is 0 Å². The van der Waals surface area contributed by atoms with Gasteiger partial charge in [0.2, 0.25) is 0 Å². The van der Waals surface area contributed by atoms with E-state index in [-0.39, 0.29) is 36.8 Å².